The topological polar surface area (TPSA) is 46.2 Å². The third kappa shape index (κ3) is 10.9. The van der Waals surface area contributed by atoms with E-state index in [-0.39, 0.29) is 24.6 Å². The number of ether oxygens (including phenoxy) is 5. The van der Waals surface area contributed by atoms with Gasteiger partial charge in [0.25, 0.3) is 0 Å². The average molecular weight is 543 g/mol. The Morgan fingerprint density at radius 2 is 1.27 bits per heavy atom. The zero-order valence-corrected chi connectivity index (χ0v) is 23.4. The average Bonchev–Trinajstić information content (AvgIpc) is 3.02. The Kier molecular flexibility index (Phi) is 13.2. The first kappa shape index (κ1) is 30.0. The summed E-state index contributed by atoms with van der Waals surface area (Å²) in [6, 6.07) is 30.6. The predicted molar refractivity (Wildman–Crippen MR) is 157 cm³/mol. The molecule has 4 rings (SSSR count). The molecule has 3 aromatic rings. The van der Waals surface area contributed by atoms with E-state index in [0.29, 0.717) is 45.7 Å². The van der Waals surface area contributed by atoms with Gasteiger partial charge >= 0.3 is 0 Å². The van der Waals surface area contributed by atoms with Gasteiger partial charge in [-0.1, -0.05) is 91.0 Å². The standard InChI is InChI=1S/C35H42O5/c1-2-3-21-33(38-26-30-17-9-5-10-18-30)34(39-27-31-19-11-6-12-20-31)24-32(28-40-35-22-13-14-23-36-35)37-25-29-15-7-4-8-16-29/h1,4-12,15-20,32-35H,3,13-14,21-28H2/t32-,33+,34-,35?/m0/s1. The third-order valence-electron chi connectivity index (χ3n) is 7.03. The largest absolute Gasteiger partial charge is 0.371 e. The van der Waals surface area contributed by atoms with Crippen molar-refractivity contribution in [3.05, 3.63) is 108 Å². The summed E-state index contributed by atoms with van der Waals surface area (Å²) < 4.78 is 31.6. The minimum Gasteiger partial charge on any atom is -0.371 e. The summed E-state index contributed by atoms with van der Waals surface area (Å²) in [5.41, 5.74) is 3.34. The lowest BCUT2D eigenvalue weighted by atomic mass is 10.0. The van der Waals surface area contributed by atoms with Crippen molar-refractivity contribution in [1.82, 2.24) is 0 Å². The van der Waals surface area contributed by atoms with Crippen molar-refractivity contribution in [2.24, 2.45) is 0 Å². The van der Waals surface area contributed by atoms with Gasteiger partial charge in [0.15, 0.2) is 6.29 Å². The minimum absolute atomic E-state index is 0.188. The van der Waals surface area contributed by atoms with E-state index in [1.165, 1.54) is 0 Å². The summed E-state index contributed by atoms with van der Waals surface area (Å²) in [5, 5.41) is 0. The van der Waals surface area contributed by atoms with Crippen molar-refractivity contribution >= 4 is 0 Å². The number of benzene rings is 3. The second-order valence-electron chi connectivity index (χ2n) is 10.2. The molecule has 0 radical (unpaired) electrons. The van der Waals surface area contributed by atoms with Crippen LogP contribution in [0.25, 0.3) is 0 Å². The first-order valence-corrected chi connectivity index (χ1v) is 14.4. The molecule has 5 nitrogen and oxygen atoms in total. The monoisotopic (exact) mass is 542 g/mol. The van der Waals surface area contributed by atoms with Crippen molar-refractivity contribution in [3.63, 3.8) is 0 Å². The zero-order valence-electron chi connectivity index (χ0n) is 23.4. The van der Waals surface area contributed by atoms with Gasteiger partial charge < -0.3 is 23.7 Å². The Morgan fingerprint density at radius 1 is 0.725 bits per heavy atom. The first-order valence-electron chi connectivity index (χ1n) is 14.4. The van der Waals surface area contributed by atoms with Gasteiger partial charge in [0, 0.05) is 19.4 Å². The Bertz CT molecular complexity index is 1090. The fraction of sp³-hybridized carbons (Fsp3) is 0.429. The molecule has 5 heteroatoms. The molecule has 1 saturated heterocycles. The van der Waals surface area contributed by atoms with Crippen molar-refractivity contribution < 1.29 is 23.7 Å². The van der Waals surface area contributed by atoms with Crippen LogP contribution in [0.1, 0.15) is 55.2 Å². The second kappa shape index (κ2) is 17.7. The normalized spacial score (nSPS) is 17.5. The Labute approximate surface area is 239 Å². The van der Waals surface area contributed by atoms with E-state index >= 15 is 0 Å². The molecule has 0 N–H and O–H groups in total. The maximum absolute atomic E-state index is 6.59. The summed E-state index contributed by atoms with van der Waals surface area (Å²) in [6.07, 6.45) is 9.86. The van der Waals surface area contributed by atoms with Gasteiger partial charge in [-0.15, -0.1) is 12.3 Å². The molecule has 1 fully saturated rings. The highest BCUT2D eigenvalue weighted by atomic mass is 16.7. The molecule has 0 aliphatic carbocycles. The highest BCUT2D eigenvalue weighted by Gasteiger charge is 2.28. The van der Waals surface area contributed by atoms with E-state index in [4.69, 9.17) is 30.1 Å². The lowest BCUT2D eigenvalue weighted by Gasteiger charge is -2.32. The van der Waals surface area contributed by atoms with Crippen LogP contribution >= 0.6 is 0 Å². The van der Waals surface area contributed by atoms with Gasteiger partial charge in [0.1, 0.15) is 0 Å². The summed E-state index contributed by atoms with van der Waals surface area (Å²) in [7, 11) is 0. The smallest absolute Gasteiger partial charge is 0.157 e. The Balaban J connectivity index is 1.49. The molecular weight excluding hydrogens is 500 g/mol. The van der Waals surface area contributed by atoms with Crippen LogP contribution in [0.15, 0.2) is 91.0 Å². The van der Waals surface area contributed by atoms with Crippen LogP contribution in [0.5, 0.6) is 0 Å². The zero-order chi connectivity index (χ0) is 27.7. The van der Waals surface area contributed by atoms with E-state index in [2.05, 4.69) is 42.3 Å². The molecular formula is C35H42O5. The van der Waals surface area contributed by atoms with Gasteiger partial charge in [-0.05, 0) is 42.4 Å². The number of terminal acetylenes is 1. The predicted octanol–water partition coefficient (Wildman–Crippen LogP) is 7.09. The van der Waals surface area contributed by atoms with Gasteiger partial charge in [0.2, 0.25) is 0 Å². The number of rotatable bonds is 17. The van der Waals surface area contributed by atoms with Crippen LogP contribution in [0, 0.1) is 12.3 Å². The van der Waals surface area contributed by atoms with Crippen molar-refractivity contribution in [2.45, 2.75) is 82.9 Å². The summed E-state index contributed by atoms with van der Waals surface area (Å²) >= 11 is 0. The summed E-state index contributed by atoms with van der Waals surface area (Å²) in [5.74, 6) is 2.79. The summed E-state index contributed by atoms with van der Waals surface area (Å²) in [6.45, 7) is 2.62. The second-order valence-corrected chi connectivity index (χ2v) is 10.2. The molecule has 0 saturated carbocycles. The van der Waals surface area contributed by atoms with Crippen molar-refractivity contribution in [3.8, 4) is 12.3 Å². The van der Waals surface area contributed by atoms with E-state index in [9.17, 15) is 0 Å². The minimum atomic E-state index is -0.242. The van der Waals surface area contributed by atoms with Gasteiger partial charge in [0.05, 0.1) is 44.7 Å². The van der Waals surface area contributed by atoms with Crippen LogP contribution in [-0.4, -0.2) is 37.8 Å². The fourth-order valence-electron chi connectivity index (χ4n) is 4.77. The van der Waals surface area contributed by atoms with Crippen LogP contribution in [0.4, 0.5) is 0 Å². The van der Waals surface area contributed by atoms with Gasteiger partial charge in [-0.25, -0.2) is 0 Å². The quantitative estimate of drug-likeness (QED) is 0.170. The van der Waals surface area contributed by atoms with E-state index in [1.54, 1.807) is 0 Å². The molecule has 0 spiro atoms. The SMILES string of the molecule is C#CCC[C@@H](OCc1ccccc1)[C@H](C[C@@H](COC1CCCCO1)OCc1ccccc1)OCc1ccccc1. The highest BCUT2D eigenvalue weighted by Crippen LogP contribution is 2.23. The van der Waals surface area contributed by atoms with E-state index < -0.39 is 0 Å². The maximum atomic E-state index is 6.59. The van der Waals surface area contributed by atoms with Crippen molar-refractivity contribution in [2.75, 3.05) is 13.2 Å². The lowest BCUT2D eigenvalue weighted by Crippen LogP contribution is -2.38. The van der Waals surface area contributed by atoms with Crippen molar-refractivity contribution in [1.29, 1.82) is 0 Å². The molecule has 1 unspecified atom stereocenters. The van der Waals surface area contributed by atoms with E-state index in [0.717, 1.165) is 42.6 Å². The van der Waals surface area contributed by atoms with Crippen LogP contribution in [0.2, 0.25) is 0 Å². The maximum Gasteiger partial charge on any atom is 0.157 e. The van der Waals surface area contributed by atoms with Gasteiger partial charge in [-0.3, -0.25) is 0 Å². The Morgan fingerprint density at radius 3 is 1.80 bits per heavy atom. The molecule has 0 aromatic heterocycles. The molecule has 40 heavy (non-hydrogen) atoms. The molecule has 212 valence electrons. The number of hydrogen-bond acceptors (Lipinski definition) is 5. The third-order valence-corrected chi connectivity index (χ3v) is 7.03. The van der Waals surface area contributed by atoms with Gasteiger partial charge in [-0.2, -0.15) is 0 Å². The highest BCUT2D eigenvalue weighted by molar-refractivity contribution is 5.15. The molecule has 0 amide bonds. The fourth-order valence-corrected chi connectivity index (χ4v) is 4.77. The molecule has 1 aliphatic heterocycles. The first-order chi connectivity index (χ1) is 19.8. The van der Waals surface area contributed by atoms with E-state index in [1.807, 2.05) is 54.6 Å². The van der Waals surface area contributed by atoms with Crippen LogP contribution < -0.4 is 0 Å². The number of hydrogen-bond donors (Lipinski definition) is 0. The molecule has 1 aliphatic rings. The molecule has 3 aromatic carbocycles. The molecule has 0 bridgehead atoms. The van der Waals surface area contributed by atoms with Crippen LogP contribution in [0.3, 0.4) is 0 Å². The lowest BCUT2D eigenvalue weighted by molar-refractivity contribution is -0.188. The Hall–Kier alpha value is -2.98. The molecule has 1 heterocycles. The summed E-state index contributed by atoms with van der Waals surface area (Å²) in [4.78, 5) is 0. The molecule has 4 atom stereocenters. The van der Waals surface area contributed by atoms with Crippen LogP contribution in [-0.2, 0) is 43.5 Å².